The molecule has 0 radical (unpaired) electrons. The highest BCUT2D eigenvalue weighted by atomic mass is 19.4. The van der Waals surface area contributed by atoms with E-state index in [0.29, 0.717) is 0 Å². The summed E-state index contributed by atoms with van der Waals surface area (Å²) < 4.78 is 40.1. The molecule has 5 nitrogen and oxygen atoms in total. The molecule has 96 valence electrons. The second kappa shape index (κ2) is 5.19. The molecule has 17 heavy (non-hydrogen) atoms. The summed E-state index contributed by atoms with van der Waals surface area (Å²) in [6.45, 7) is -0.133. The van der Waals surface area contributed by atoms with Gasteiger partial charge in [0.2, 0.25) is 0 Å². The first kappa shape index (κ1) is 13.5. The van der Waals surface area contributed by atoms with E-state index in [1.807, 2.05) is 5.48 Å². The minimum Gasteiger partial charge on any atom is -0.478 e. The topological polar surface area (TPSA) is 71.7 Å². The molecule has 0 spiro atoms. The lowest BCUT2D eigenvalue weighted by molar-refractivity contribution is -0.190. The van der Waals surface area contributed by atoms with Gasteiger partial charge in [-0.3, -0.25) is 4.84 Å². The number of aryl methyl sites for hydroxylation is 1. The van der Waals surface area contributed by atoms with Crippen LogP contribution in [-0.2, 0) is 11.4 Å². The lowest BCUT2D eigenvalue weighted by Crippen LogP contribution is -2.24. The number of carbonyl (C=O) groups is 1. The largest absolute Gasteiger partial charge is 0.478 e. The summed E-state index contributed by atoms with van der Waals surface area (Å²) in [6.07, 6.45) is -4.42. The van der Waals surface area contributed by atoms with Crippen LogP contribution in [0, 0.1) is 6.92 Å². The number of nitrogens with one attached hydrogen (secondary N) is 1. The van der Waals surface area contributed by atoms with Crippen LogP contribution in [0.3, 0.4) is 0 Å². The maximum atomic E-state index is 11.7. The van der Waals surface area contributed by atoms with E-state index in [2.05, 4.69) is 4.84 Å². The van der Waals surface area contributed by atoms with Crippen LogP contribution >= 0.6 is 0 Å². The molecule has 1 rings (SSSR count). The Morgan fingerprint density at radius 3 is 2.71 bits per heavy atom. The van der Waals surface area contributed by atoms with Gasteiger partial charge in [0.25, 0.3) is 0 Å². The molecular formula is C9H10F3NO4. The van der Waals surface area contributed by atoms with Crippen molar-refractivity contribution >= 4 is 5.97 Å². The summed E-state index contributed by atoms with van der Waals surface area (Å²) in [5, 5.41) is 8.70. The summed E-state index contributed by atoms with van der Waals surface area (Å²) in [5.41, 5.74) is 2.00. The Kier molecular flexibility index (Phi) is 4.13. The highest BCUT2D eigenvalue weighted by molar-refractivity contribution is 5.88. The molecule has 0 atom stereocenters. The van der Waals surface area contributed by atoms with Gasteiger partial charge in [0, 0.05) is 0 Å². The lowest BCUT2D eigenvalue weighted by atomic mass is 10.2. The fourth-order valence-electron chi connectivity index (χ4n) is 1.10. The Hall–Kier alpha value is -1.54. The maximum Gasteiger partial charge on any atom is 0.413 e. The van der Waals surface area contributed by atoms with Crippen LogP contribution in [0.1, 0.15) is 21.9 Å². The van der Waals surface area contributed by atoms with Gasteiger partial charge in [-0.15, -0.1) is 0 Å². The molecule has 0 unspecified atom stereocenters. The molecule has 0 aromatic carbocycles. The molecule has 0 amide bonds. The van der Waals surface area contributed by atoms with E-state index in [1.54, 1.807) is 0 Å². The van der Waals surface area contributed by atoms with E-state index in [4.69, 9.17) is 9.52 Å². The molecule has 1 aromatic heterocycles. The van der Waals surface area contributed by atoms with Gasteiger partial charge in [-0.25, -0.2) is 4.79 Å². The van der Waals surface area contributed by atoms with Gasteiger partial charge >= 0.3 is 12.1 Å². The van der Waals surface area contributed by atoms with Gasteiger partial charge in [0.1, 0.15) is 17.1 Å². The summed E-state index contributed by atoms with van der Waals surface area (Å²) in [7, 11) is 0. The molecule has 0 saturated heterocycles. The second-order valence-electron chi connectivity index (χ2n) is 3.21. The van der Waals surface area contributed by atoms with Crippen molar-refractivity contribution in [3.63, 3.8) is 0 Å². The second-order valence-corrected chi connectivity index (χ2v) is 3.21. The number of hydrogen-bond donors (Lipinski definition) is 2. The Labute approximate surface area is 94.1 Å². The van der Waals surface area contributed by atoms with Crippen LogP contribution in [0.2, 0.25) is 0 Å². The molecule has 8 heteroatoms. The monoisotopic (exact) mass is 253 g/mol. The first-order valence-electron chi connectivity index (χ1n) is 4.53. The fourth-order valence-corrected chi connectivity index (χ4v) is 1.10. The smallest absolute Gasteiger partial charge is 0.413 e. The Morgan fingerprint density at radius 2 is 2.24 bits per heavy atom. The molecular weight excluding hydrogens is 243 g/mol. The van der Waals surface area contributed by atoms with E-state index < -0.39 is 18.8 Å². The third kappa shape index (κ3) is 4.45. The SMILES string of the molecule is Cc1oc(CNOCC(F)(F)F)cc1C(=O)O. The minimum absolute atomic E-state index is 0.0300. The highest BCUT2D eigenvalue weighted by Crippen LogP contribution is 2.15. The van der Waals surface area contributed by atoms with E-state index in [0.717, 1.165) is 0 Å². The van der Waals surface area contributed by atoms with Gasteiger partial charge in [-0.05, 0) is 13.0 Å². The van der Waals surface area contributed by atoms with Gasteiger partial charge < -0.3 is 9.52 Å². The molecule has 1 aromatic rings. The molecule has 1 heterocycles. The molecule has 0 fully saturated rings. The fraction of sp³-hybridized carbons (Fsp3) is 0.444. The normalized spacial score (nSPS) is 11.8. The number of hydroxylamine groups is 1. The third-order valence-corrected chi connectivity index (χ3v) is 1.78. The molecule has 2 N–H and O–H groups in total. The highest BCUT2D eigenvalue weighted by Gasteiger charge is 2.27. The number of hydrogen-bond acceptors (Lipinski definition) is 4. The predicted octanol–water partition coefficient (Wildman–Crippen LogP) is 1.87. The van der Waals surface area contributed by atoms with E-state index in [1.165, 1.54) is 13.0 Å². The summed E-state index contributed by atoms with van der Waals surface area (Å²) in [4.78, 5) is 14.8. The number of carboxylic acids is 1. The van der Waals surface area contributed by atoms with Crippen LogP contribution in [0.5, 0.6) is 0 Å². The average molecular weight is 253 g/mol. The van der Waals surface area contributed by atoms with E-state index >= 15 is 0 Å². The van der Waals surface area contributed by atoms with E-state index in [9.17, 15) is 18.0 Å². The third-order valence-electron chi connectivity index (χ3n) is 1.78. The van der Waals surface area contributed by atoms with Crippen molar-refractivity contribution in [1.82, 2.24) is 5.48 Å². The Morgan fingerprint density at radius 1 is 1.59 bits per heavy atom. The van der Waals surface area contributed by atoms with Crippen molar-refractivity contribution in [2.24, 2.45) is 0 Å². The van der Waals surface area contributed by atoms with Crippen LogP contribution in [0.25, 0.3) is 0 Å². The zero-order valence-corrected chi connectivity index (χ0v) is 8.80. The first-order chi connectivity index (χ1) is 7.79. The molecule has 0 saturated carbocycles. The molecule has 0 aliphatic rings. The zero-order valence-electron chi connectivity index (χ0n) is 8.80. The van der Waals surface area contributed by atoms with Crippen molar-refractivity contribution in [2.45, 2.75) is 19.6 Å². The predicted molar refractivity (Wildman–Crippen MR) is 49.3 cm³/mol. The number of furan rings is 1. The number of carboxylic acid groups (broad SMARTS) is 1. The quantitative estimate of drug-likeness (QED) is 0.619. The van der Waals surface area contributed by atoms with Crippen molar-refractivity contribution < 1.29 is 32.3 Å². The Balaban J connectivity index is 2.43. The standard InChI is InChI=1S/C9H10F3NO4/c1-5-7(8(14)15)2-6(17-5)3-13-16-4-9(10,11)12/h2,13H,3-4H2,1H3,(H,14,15). The van der Waals surface area contributed by atoms with Crippen LogP contribution in [-0.4, -0.2) is 23.9 Å². The summed E-state index contributed by atoms with van der Waals surface area (Å²) in [5.74, 6) is -0.791. The summed E-state index contributed by atoms with van der Waals surface area (Å²) >= 11 is 0. The summed E-state index contributed by atoms with van der Waals surface area (Å²) in [6, 6.07) is 1.22. The maximum absolute atomic E-state index is 11.7. The van der Waals surface area contributed by atoms with Gasteiger partial charge in [0.15, 0.2) is 6.61 Å². The zero-order chi connectivity index (χ0) is 13.1. The van der Waals surface area contributed by atoms with Crippen LogP contribution in [0.4, 0.5) is 13.2 Å². The number of aromatic carboxylic acids is 1. The number of rotatable bonds is 5. The van der Waals surface area contributed by atoms with Gasteiger partial charge in [0.05, 0.1) is 6.54 Å². The minimum atomic E-state index is -4.42. The number of halogens is 3. The Bertz CT molecular complexity index is 399. The van der Waals surface area contributed by atoms with Crippen LogP contribution < -0.4 is 5.48 Å². The van der Waals surface area contributed by atoms with E-state index in [-0.39, 0.29) is 23.6 Å². The average Bonchev–Trinajstić information content (AvgIpc) is 2.53. The van der Waals surface area contributed by atoms with Crippen molar-refractivity contribution in [2.75, 3.05) is 6.61 Å². The van der Waals surface area contributed by atoms with Gasteiger partial charge in [-0.2, -0.15) is 18.7 Å². The molecule has 0 bridgehead atoms. The first-order valence-corrected chi connectivity index (χ1v) is 4.53. The van der Waals surface area contributed by atoms with Gasteiger partial charge in [-0.1, -0.05) is 0 Å². The van der Waals surface area contributed by atoms with Crippen molar-refractivity contribution in [3.05, 3.63) is 23.2 Å². The van der Waals surface area contributed by atoms with Crippen LogP contribution in [0.15, 0.2) is 10.5 Å². The molecule has 0 aliphatic carbocycles. The van der Waals surface area contributed by atoms with Crippen molar-refractivity contribution in [3.8, 4) is 0 Å². The lowest BCUT2D eigenvalue weighted by Gasteiger charge is -2.06. The number of alkyl halides is 3. The molecule has 0 aliphatic heterocycles. The van der Waals surface area contributed by atoms with Crippen molar-refractivity contribution in [1.29, 1.82) is 0 Å².